The van der Waals surface area contributed by atoms with Crippen molar-refractivity contribution in [2.24, 2.45) is 0 Å². The molecule has 0 aliphatic heterocycles. The van der Waals surface area contributed by atoms with Crippen LogP contribution < -0.4 is 15.4 Å². The Morgan fingerprint density at radius 3 is 2.60 bits per heavy atom. The monoisotopic (exact) mass is 436 g/mol. The van der Waals surface area contributed by atoms with Gasteiger partial charge in [-0.25, -0.2) is 4.98 Å². The van der Waals surface area contributed by atoms with Crippen LogP contribution in [0.25, 0.3) is 11.3 Å². The molecule has 0 saturated heterocycles. The fraction of sp³-hybridized carbons (Fsp3) is 0.200. The summed E-state index contributed by atoms with van der Waals surface area (Å²) in [5.41, 5.74) is 1.64. The molecule has 3 N–H and O–H groups in total. The lowest BCUT2D eigenvalue weighted by Gasteiger charge is -2.14. The highest BCUT2D eigenvalue weighted by Gasteiger charge is 2.31. The number of anilines is 3. The molecule has 6 nitrogen and oxygen atoms in total. The first-order chi connectivity index (χ1) is 14.4. The number of hydrogen-bond donors (Lipinski definition) is 3. The zero-order valence-corrected chi connectivity index (χ0v) is 16.7. The second kappa shape index (κ2) is 9.68. The summed E-state index contributed by atoms with van der Waals surface area (Å²) in [5.74, 6) is 0.336. The van der Waals surface area contributed by atoms with Crippen molar-refractivity contribution < 1.29 is 23.0 Å². The third-order valence-corrected chi connectivity index (χ3v) is 4.65. The lowest BCUT2D eigenvalue weighted by Crippen LogP contribution is -2.17. The zero-order valence-electron chi connectivity index (χ0n) is 15.9. The van der Waals surface area contributed by atoms with Crippen LogP contribution in [0, 0.1) is 0 Å². The number of halogens is 3. The zero-order chi connectivity index (χ0) is 21.6. The smallest absolute Gasteiger partial charge is 0.406 e. The van der Waals surface area contributed by atoms with Gasteiger partial charge in [0.05, 0.1) is 18.0 Å². The van der Waals surface area contributed by atoms with Gasteiger partial charge in [0, 0.05) is 23.1 Å². The summed E-state index contributed by atoms with van der Waals surface area (Å²) in [6, 6.07) is 14.8. The summed E-state index contributed by atoms with van der Waals surface area (Å²) < 4.78 is 41.7. The molecule has 30 heavy (non-hydrogen) atoms. The molecule has 1 aromatic heterocycles. The van der Waals surface area contributed by atoms with Crippen molar-refractivity contribution in [1.82, 2.24) is 9.97 Å². The van der Waals surface area contributed by atoms with E-state index < -0.39 is 6.36 Å². The van der Waals surface area contributed by atoms with Crippen molar-refractivity contribution in [3.63, 3.8) is 0 Å². The Morgan fingerprint density at radius 1 is 1.07 bits per heavy atom. The maximum Gasteiger partial charge on any atom is 0.573 e. The number of thioether (sulfide) groups is 1. The fourth-order valence-corrected chi connectivity index (χ4v) is 3.20. The third-order valence-electron chi connectivity index (χ3n) is 3.85. The summed E-state index contributed by atoms with van der Waals surface area (Å²) in [4.78, 5) is 9.73. The van der Waals surface area contributed by atoms with Gasteiger partial charge in [0.1, 0.15) is 11.6 Å². The normalized spacial score (nSPS) is 11.2. The molecule has 0 saturated carbocycles. The Kier molecular flexibility index (Phi) is 7.01. The quantitative estimate of drug-likeness (QED) is 0.433. The maximum absolute atomic E-state index is 12.6. The fourth-order valence-electron chi connectivity index (χ4n) is 2.64. The van der Waals surface area contributed by atoms with E-state index in [0.29, 0.717) is 17.1 Å². The Bertz CT molecular complexity index is 1000. The van der Waals surface area contributed by atoms with Crippen LogP contribution in [0.1, 0.15) is 0 Å². The van der Waals surface area contributed by atoms with Crippen LogP contribution >= 0.6 is 11.8 Å². The molecule has 0 fully saturated rings. The molecule has 0 aliphatic carbocycles. The van der Waals surface area contributed by atoms with E-state index in [9.17, 15) is 13.2 Å². The minimum absolute atomic E-state index is 0.124. The van der Waals surface area contributed by atoms with Gasteiger partial charge >= 0.3 is 6.36 Å². The van der Waals surface area contributed by atoms with E-state index in [1.165, 1.54) is 18.2 Å². The van der Waals surface area contributed by atoms with Crippen LogP contribution in [-0.4, -0.2) is 40.8 Å². The van der Waals surface area contributed by atoms with Gasteiger partial charge in [0.2, 0.25) is 5.95 Å². The van der Waals surface area contributed by atoms with E-state index in [4.69, 9.17) is 5.11 Å². The predicted octanol–water partition coefficient (Wildman–Crippen LogP) is 4.91. The molecule has 2 aromatic carbocycles. The number of hydrogen-bond acceptors (Lipinski definition) is 7. The maximum atomic E-state index is 12.6. The van der Waals surface area contributed by atoms with Crippen LogP contribution in [-0.2, 0) is 0 Å². The van der Waals surface area contributed by atoms with Gasteiger partial charge in [-0.3, -0.25) is 0 Å². The first-order valence-corrected chi connectivity index (χ1v) is 10.1. The highest BCUT2D eigenvalue weighted by Crippen LogP contribution is 2.31. The standard InChI is InChI=1S/C20H19F3N4O2S/c1-30-17-8-3-2-7-15(17)25-18-12-16(26-19(27-18)24-9-10-28)13-5-4-6-14(11-13)29-20(21,22)23/h2-8,11-12,28H,9-10H2,1H3,(H2,24,25,26,27). The number of nitrogens with one attached hydrogen (secondary N) is 2. The van der Waals surface area contributed by atoms with Crippen molar-refractivity contribution in [2.45, 2.75) is 11.3 Å². The van der Waals surface area contributed by atoms with E-state index in [1.807, 2.05) is 30.5 Å². The van der Waals surface area contributed by atoms with Crippen LogP contribution in [0.2, 0.25) is 0 Å². The molecular weight excluding hydrogens is 417 g/mol. The number of ether oxygens (including phenoxy) is 1. The SMILES string of the molecule is CSc1ccccc1Nc1cc(-c2cccc(OC(F)(F)F)c2)nc(NCCO)n1. The number of para-hydroxylation sites is 1. The molecule has 0 radical (unpaired) electrons. The summed E-state index contributed by atoms with van der Waals surface area (Å²) in [6.07, 6.45) is -2.83. The Labute approximate surface area is 175 Å². The van der Waals surface area contributed by atoms with Crippen molar-refractivity contribution in [3.8, 4) is 17.0 Å². The van der Waals surface area contributed by atoms with Gasteiger partial charge in [-0.1, -0.05) is 24.3 Å². The van der Waals surface area contributed by atoms with Gasteiger partial charge in [-0.2, -0.15) is 4.98 Å². The first kappa shape index (κ1) is 21.7. The molecule has 0 atom stereocenters. The summed E-state index contributed by atoms with van der Waals surface area (Å²) >= 11 is 1.56. The van der Waals surface area contributed by atoms with Gasteiger partial charge < -0.3 is 20.5 Å². The van der Waals surface area contributed by atoms with E-state index in [2.05, 4.69) is 25.3 Å². The Balaban J connectivity index is 1.98. The number of benzene rings is 2. The number of aliphatic hydroxyl groups is 1. The van der Waals surface area contributed by atoms with Crippen LogP contribution in [0.15, 0.2) is 59.5 Å². The minimum atomic E-state index is -4.79. The predicted molar refractivity (Wildman–Crippen MR) is 111 cm³/mol. The van der Waals surface area contributed by atoms with E-state index in [-0.39, 0.29) is 24.8 Å². The van der Waals surface area contributed by atoms with Gasteiger partial charge in [0.25, 0.3) is 0 Å². The molecule has 0 amide bonds. The van der Waals surface area contributed by atoms with Crippen LogP contribution in [0.5, 0.6) is 5.75 Å². The number of rotatable bonds is 8. The third kappa shape index (κ3) is 6.01. The molecule has 3 aromatic rings. The highest BCUT2D eigenvalue weighted by molar-refractivity contribution is 7.98. The molecular formula is C20H19F3N4O2S. The van der Waals surface area contributed by atoms with Gasteiger partial charge in [-0.05, 0) is 30.5 Å². The Hall–Kier alpha value is -2.98. The van der Waals surface area contributed by atoms with Gasteiger partial charge in [-0.15, -0.1) is 24.9 Å². The average Bonchev–Trinajstić information content (AvgIpc) is 2.71. The molecule has 0 bridgehead atoms. The lowest BCUT2D eigenvalue weighted by atomic mass is 10.1. The largest absolute Gasteiger partial charge is 0.573 e. The van der Waals surface area contributed by atoms with Gasteiger partial charge in [0.15, 0.2) is 0 Å². The summed E-state index contributed by atoms with van der Waals surface area (Å²) in [6.45, 7) is 0.0993. The molecule has 0 aliphatic rings. The molecule has 3 rings (SSSR count). The highest BCUT2D eigenvalue weighted by atomic mass is 32.2. The molecule has 158 valence electrons. The number of alkyl halides is 3. The molecule has 1 heterocycles. The van der Waals surface area contributed by atoms with E-state index >= 15 is 0 Å². The molecule has 0 unspecified atom stereocenters. The number of aliphatic hydroxyl groups excluding tert-OH is 1. The minimum Gasteiger partial charge on any atom is -0.406 e. The van der Waals surface area contributed by atoms with Crippen LogP contribution in [0.4, 0.5) is 30.6 Å². The van der Waals surface area contributed by atoms with Crippen molar-refractivity contribution in [3.05, 3.63) is 54.6 Å². The molecule has 0 spiro atoms. The van der Waals surface area contributed by atoms with E-state index in [0.717, 1.165) is 10.6 Å². The van der Waals surface area contributed by atoms with E-state index in [1.54, 1.807) is 23.9 Å². The molecule has 10 heteroatoms. The summed E-state index contributed by atoms with van der Waals surface area (Å²) in [7, 11) is 0. The van der Waals surface area contributed by atoms with Crippen LogP contribution in [0.3, 0.4) is 0 Å². The van der Waals surface area contributed by atoms with Crippen molar-refractivity contribution in [1.29, 1.82) is 0 Å². The second-order valence-corrected chi connectivity index (χ2v) is 6.86. The first-order valence-electron chi connectivity index (χ1n) is 8.88. The summed E-state index contributed by atoms with van der Waals surface area (Å²) in [5, 5.41) is 15.2. The van der Waals surface area contributed by atoms with Crippen molar-refractivity contribution in [2.75, 3.05) is 30.0 Å². The van der Waals surface area contributed by atoms with Crippen molar-refractivity contribution >= 4 is 29.2 Å². The number of aromatic nitrogens is 2. The second-order valence-electron chi connectivity index (χ2n) is 6.01. The Morgan fingerprint density at radius 2 is 1.87 bits per heavy atom. The topological polar surface area (TPSA) is 79.3 Å². The average molecular weight is 436 g/mol. The number of nitrogens with zero attached hydrogens (tertiary/aromatic N) is 2. The lowest BCUT2D eigenvalue weighted by molar-refractivity contribution is -0.274.